The third-order valence-corrected chi connectivity index (χ3v) is 2.29. The predicted molar refractivity (Wildman–Crippen MR) is 55.2 cm³/mol. The van der Waals surface area contributed by atoms with Gasteiger partial charge in [-0.05, 0) is 12.1 Å². The van der Waals surface area contributed by atoms with Crippen molar-refractivity contribution >= 4 is 5.97 Å². The van der Waals surface area contributed by atoms with Gasteiger partial charge in [0.2, 0.25) is 0 Å². The molecule has 1 atom stereocenters. The number of rotatable bonds is 4. The van der Waals surface area contributed by atoms with E-state index in [0.29, 0.717) is 12.1 Å². The summed E-state index contributed by atoms with van der Waals surface area (Å²) in [7, 11) is 0.982. The number of esters is 1. The molecule has 0 aliphatic rings. The van der Waals surface area contributed by atoms with Crippen LogP contribution in [-0.2, 0) is 9.53 Å². The molecule has 1 aromatic carbocycles. The van der Waals surface area contributed by atoms with Crippen LogP contribution in [0.4, 0.5) is 22.0 Å². The van der Waals surface area contributed by atoms with Crippen LogP contribution in [-0.4, -0.2) is 25.8 Å². The Morgan fingerprint density at radius 3 is 2.26 bits per heavy atom. The molecule has 0 bridgehead atoms. The third-order valence-electron chi connectivity index (χ3n) is 2.29. The summed E-state index contributed by atoms with van der Waals surface area (Å²) in [4.78, 5) is 10.8. The van der Waals surface area contributed by atoms with Gasteiger partial charge in [0.1, 0.15) is 17.7 Å². The first kappa shape index (κ1) is 15.4. The van der Waals surface area contributed by atoms with E-state index in [1.165, 1.54) is 0 Å². The second kappa shape index (κ2) is 5.96. The normalized spacial score (nSPS) is 13.2. The van der Waals surface area contributed by atoms with Crippen molar-refractivity contribution in [2.45, 2.75) is 12.2 Å². The van der Waals surface area contributed by atoms with Crippen LogP contribution in [0, 0.1) is 11.6 Å². The summed E-state index contributed by atoms with van der Waals surface area (Å²) in [5, 5.41) is 1.73. The minimum atomic E-state index is -4.96. The van der Waals surface area contributed by atoms with Crippen LogP contribution < -0.4 is 5.32 Å². The number of carbonyl (C=O) groups excluding carboxylic acids is 1. The van der Waals surface area contributed by atoms with Crippen molar-refractivity contribution in [3.63, 3.8) is 0 Å². The molecular weight excluding hydrogens is 273 g/mol. The topological polar surface area (TPSA) is 38.3 Å². The van der Waals surface area contributed by atoms with E-state index in [1.54, 1.807) is 5.32 Å². The van der Waals surface area contributed by atoms with Gasteiger partial charge in [0.25, 0.3) is 0 Å². The number of halogens is 5. The van der Waals surface area contributed by atoms with Crippen molar-refractivity contribution in [3.05, 3.63) is 35.4 Å². The van der Waals surface area contributed by atoms with Crippen LogP contribution in [0.1, 0.15) is 11.6 Å². The zero-order valence-electron chi connectivity index (χ0n) is 9.72. The summed E-state index contributed by atoms with van der Waals surface area (Å²) in [6.45, 7) is -0.825. The first-order chi connectivity index (χ1) is 8.77. The first-order valence-corrected chi connectivity index (χ1v) is 5.08. The number of nitrogens with one attached hydrogen (secondary N) is 1. The number of methoxy groups -OCH3 is 1. The fraction of sp³-hybridized carbons (Fsp3) is 0.364. The van der Waals surface area contributed by atoms with Gasteiger partial charge in [0.05, 0.1) is 13.7 Å². The van der Waals surface area contributed by atoms with E-state index in [0.717, 1.165) is 13.2 Å². The number of benzene rings is 1. The SMILES string of the molecule is COC(=O)CN[C@@H](c1c(F)cccc1F)C(F)(F)F. The van der Waals surface area contributed by atoms with E-state index in [1.807, 2.05) is 0 Å². The Hall–Kier alpha value is -1.70. The van der Waals surface area contributed by atoms with E-state index in [-0.39, 0.29) is 0 Å². The minimum Gasteiger partial charge on any atom is -0.468 e. The Morgan fingerprint density at radius 1 is 1.32 bits per heavy atom. The van der Waals surface area contributed by atoms with Gasteiger partial charge in [-0.3, -0.25) is 10.1 Å². The standard InChI is InChI=1S/C11H10F5NO2/c1-19-8(18)5-17-10(11(14,15)16)9-6(12)3-2-4-7(9)13/h2-4,10,17H,5H2,1H3/t10-/m0/s1. The van der Waals surface area contributed by atoms with Crippen LogP contribution in [0.3, 0.4) is 0 Å². The Labute approximate surface area is 105 Å². The molecule has 0 heterocycles. The molecule has 19 heavy (non-hydrogen) atoms. The third kappa shape index (κ3) is 3.88. The predicted octanol–water partition coefficient (Wildman–Crippen LogP) is 2.33. The lowest BCUT2D eigenvalue weighted by Gasteiger charge is -2.22. The summed E-state index contributed by atoms with van der Waals surface area (Å²) >= 11 is 0. The second-order valence-corrected chi connectivity index (χ2v) is 3.57. The molecule has 1 rings (SSSR count). The molecule has 0 unspecified atom stereocenters. The highest BCUT2D eigenvalue weighted by Crippen LogP contribution is 2.35. The first-order valence-electron chi connectivity index (χ1n) is 5.08. The maximum Gasteiger partial charge on any atom is 0.408 e. The van der Waals surface area contributed by atoms with Gasteiger partial charge >= 0.3 is 12.1 Å². The number of carbonyl (C=O) groups is 1. The smallest absolute Gasteiger partial charge is 0.408 e. The molecule has 0 saturated heterocycles. The second-order valence-electron chi connectivity index (χ2n) is 3.57. The molecule has 0 saturated carbocycles. The summed E-state index contributed by atoms with van der Waals surface area (Å²) < 4.78 is 69.2. The Morgan fingerprint density at radius 2 is 1.84 bits per heavy atom. The van der Waals surface area contributed by atoms with Gasteiger partial charge in [-0.1, -0.05) is 6.07 Å². The van der Waals surface area contributed by atoms with Crippen molar-refractivity contribution in [1.29, 1.82) is 0 Å². The summed E-state index contributed by atoms with van der Waals surface area (Å²) in [6, 6.07) is -0.275. The van der Waals surface area contributed by atoms with Gasteiger partial charge < -0.3 is 4.74 Å². The highest BCUT2D eigenvalue weighted by Gasteiger charge is 2.43. The van der Waals surface area contributed by atoms with E-state index in [4.69, 9.17) is 0 Å². The number of ether oxygens (including phenoxy) is 1. The maximum absolute atomic E-state index is 13.3. The lowest BCUT2D eigenvalue weighted by Crippen LogP contribution is -2.38. The maximum atomic E-state index is 13.3. The summed E-state index contributed by atoms with van der Waals surface area (Å²) in [5.74, 6) is -3.68. The van der Waals surface area contributed by atoms with Crippen molar-refractivity contribution in [1.82, 2.24) is 5.32 Å². The van der Waals surface area contributed by atoms with E-state index < -0.39 is 41.9 Å². The zero-order chi connectivity index (χ0) is 14.6. The molecule has 8 heteroatoms. The molecule has 0 spiro atoms. The zero-order valence-corrected chi connectivity index (χ0v) is 9.72. The molecule has 0 amide bonds. The molecule has 0 radical (unpaired) electrons. The molecule has 106 valence electrons. The fourth-order valence-corrected chi connectivity index (χ4v) is 1.43. The lowest BCUT2D eigenvalue weighted by atomic mass is 10.0. The molecule has 0 aromatic heterocycles. The molecule has 1 N–H and O–H groups in total. The Balaban J connectivity index is 3.08. The summed E-state index contributed by atoms with van der Waals surface area (Å²) in [6.07, 6.45) is -4.96. The van der Waals surface area contributed by atoms with Crippen molar-refractivity contribution in [3.8, 4) is 0 Å². The molecule has 0 aliphatic carbocycles. The monoisotopic (exact) mass is 283 g/mol. The number of hydrogen-bond donors (Lipinski definition) is 1. The highest BCUT2D eigenvalue weighted by atomic mass is 19.4. The van der Waals surface area contributed by atoms with Crippen LogP contribution in [0.15, 0.2) is 18.2 Å². The quantitative estimate of drug-likeness (QED) is 0.681. The Kier molecular flexibility index (Phi) is 4.82. The largest absolute Gasteiger partial charge is 0.468 e. The fourth-order valence-electron chi connectivity index (χ4n) is 1.43. The lowest BCUT2D eigenvalue weighted by molar-refractivity contribution is -0.161. The minimum absolute atomic E-state index is 0.705. The van der Waals surface area contributed by atoms with Gasteiger partial charge in [-0.25, -0.2) is 8.78 Å². The van der Waals surface area contributed by atoms with Gasteiger partial charge in [-0.2, -0.15) is 13.2 Å². The highest BCUT2D eigenvalue weighted by molar-refractivity contribution is 5.71. The van der Waals surface area contributed by atoms with Crippen LogP contribution in [0.2, 0.25) is 0 Å². The van der Waals surface area contributed by atoms with E-state index in [9.17, 15) is 26.7 Å². The molecule has 3 nitrogen and oxygen atoms in total. The molecule has 0 fully saturated rings. The number of hydrogen-bond acceptors (Lipinski definition) is 3. The Bertz CT molecular complexity index is 441. The van der Waals surface area contributed by atoms with Crippen molar-refractivity contribution in [2.75, 3.05) is 13.7 Å². The molecule has 1 aromatic rings. The van der Waals surface area contributed by atoms with Crippen molar-refractivity contribution < 1.29 is 31.5 Å². The summed E-state index contributed by atoms with van der Waals surface area (Å²) in [5.41, 5.74) is -1.18. The van der Waals surface area contributed by atoms with Crippen LogP contribution in [0.5, 0.6) is 0 Å². The van der Waals surface area contributed by atoms with Crippen LogP contribution in [0.25, 0.3) is 0 Å². The number of alkyl halides is 3. The molecular formula is C11H10F5NO2. The van der Waals surface area contributed by atoms with Gasteiger partial charge in [0.15, 0.2) is 0 Å². The van der Waals surface area contributed by atoms with Crippen LogP contribution >= 0.6 is 0 Å². The van der Waals surface area contributed by atoms with Gasteiger partial charge in [0, 0.05) is 5.56 Å². The average Bonchev–Trinajstić information content (AvgIpc) is 2.30. The van der Waals surface area contributed by atoms with Gasteiger partial charge in [-0.15, -0.1) is 0 Å². The molecule has 0 aliphatic heterocycles. The van der Waals surface area contributed by atoms with E-state index in [2.05, 4.69) is 4.74 Å². The van der Waals surface area contributed by atoms with Crippen molar-refractivity contribution in [2.24, 2.45) is 0 Å². The average molecular weight is 283 g/mol. The van der Waals surface area contributed by atoms with E-state index >= 15 is 0 Å².